The quantitative estimate of drug-likeness (QED) is 0.584. The highest BCUT2D eigenvalue weighted by Gasteiger charge is 2.37. The van der Waals surface area contributed by atoms with Crippen LogP contribution in [-0.4, -0.2) is 27.1 Å². The number of carboxylic acid groups (broad SMARTS) is 1. The molecule has 5 nitrogen and oxygen atoms in total. The van der Waals surface area contributed by atoms with Gasteiger partial charge in [0.15, 0.2) is 0 Å². The van der Waals surface area contributed by atoms with Crippen LogP contribution in [0.15, 0.2) is 39.9 Å². The van der Waals surface area contributed by atoms with Gasteiger partial charge in [-0.15, -0.1) is 0 Å². The molecule has 1 aliphatic rings. The van der Waals surface area contributed by atoms with Crippen molar-refractivity contribution >= 4 is 46.3 Å². The van der Waals surface area contributed by atoms with Gasteiger partial charge in [0.2, 0.25) is 0 Å². The van der Waals surface area contributed by atoms with Crippen LogP contribution in [0.3, 0.4) is 0 Å². The minimum Gasteiger partial charge on any atom is -0.548 e. The first-order valence-electron chi connectivity index (χ1n) is 6.72. The molecule has 0 saturated carbocycles. The number of hydrogen-bond donors (Lipinski definition) is 0. The maximum absolute atomic E-state index is 12.3. The summed E-state index contributed by atoms with van der Waals surface area (Å²) in [6.45, 7) is 1.84. The number of allylic oxidation sites excluding steroid dienone is 2. The van der Waals surface area contributed by atoms with Gasteiger partial charge in [-0.05, 0) is 30.7 Å². The highest BCUT2D eigenvalue weighted by Crippen LogP contribution is 2.33. The molecule has 1 amide bonds. The van der Waals surface area contributed by atoms with Gasteiger partial charge in [0.05, 0.1) is 23.2 Å². The Bertz CT molecular complexity index is 634. The molecule has 0 radical (unpaired) electrons. The smallest absolute Gasteiger partial charge is 0.266 e. The summed E-state index contributed by atoms with van der Waals surface area (Å²) in [5, 5.41) is 11.2. The number of hydrogen-bond acceptors (Lipinski definition) is 6. The van der Waals surface area contributed by atoms with Crippen LogP contribution in [0.5, 0.6) is 0 Å². The Labute approximate surface area is 137 Å². The van der Waals surface area contributed by atoms with Crippen LogP contribution in [0.1, 0.15) is 25.5 Å². The molecule has 116 valence electrons. The van der Waals surface area contributed by atoms with Crippen LogP contribution in [-0.2, 0) is 9.59 Å². The molecule has 0 aromatic carbocycles. The van der Waals surface area contributed by atoms with E-state index in [4.69, 9.17) is 16.6 Å². The maximum atomic E-state index is 12.3. The van der Waals surface area contributed by atoms with E-state index in [1.165, 1.54) is 0 Å². The minimum absolute atomic E-state index is 0.241. The number of carboxylic acids is 1. The van der Waals surface area contributed by atoms with Crippen molar-refractivity contribution < 1.29 is 19.1 Å². The molecule has 7 heteroatoms. The van der Waals surface area contributed by atoms with Crippen molar-refractivity contribution in [2.45, 2.75) is 25.8 Å². The summed E-state index contributed by atoms with van der Waals surface area (Å²) >= 11 is 6.21. The van der Waals surface area contributed by atoms with E-state index in [2.05, 4.69) is 0 Å². The molecule has 2 rings (SSSR count). The van der Waals surface area contributed by atoms with Gasteiger partial charge in [0, 0.05) is 0 Å². The van der Waals surface area contributed by atoms with Gasteiger partial charge in [0.1, 0.15) is 10.1 Å². The van der Waals surface area contributed by atoms with Crippen molar-refractivity contribution in [2.75, 3.05) is 0 Å². The van der Waals surface area contributed by atoms with Gasteiger partial charge in [-0.2, -0.15) is 0 Å². The molecule has 0 unspecified atom stereocenters. The fourth-order valence-electron chi connectivity index (χ4n) is 2.00. The van der Waals surface area contributed by atoms with Crippen LogP contribution in [0, 0.1) is 0 Å². The van der Waals surface area contributed by atoms with Crippen LogP contribution in [0.2, 0.25) is 0 Å². The summed E-state index contributed by atoms with van der Waals surface area (Å²) in [7, 11) is 0. The third kappa shape index (κ3) is 3.66. The number of carbonyl (C=O) groups excluding carboxylic acids is 2. The van der Waals surface area contributed by atoms with Crippen LogP contribution in [0.4, 0.5) is 0 Å². The fourth-order valence-corrected chi connectivity index (χ4v) is 3.31. The predicted molar refractivity (Wildman–Crippen MR) is 86.6 cm³/mol. The molecule has 1 fully saturated rings. The number of thiocarbonyl (C=S) groups is 1. The summed E-state index contributed by atoms with van der Waals surface area (Å²) in [5.74, 6) is -1.03. The summed E-state index contributed by atoms with van der Waals surface area (Å²) in [5.41, 5.74) is 0. The molecule has 1 aromatic rings. The summed E-state index contributed by atoms with van der Waals surface area (Å²) in [4.78, 5) is 25.1. The van der Waals surface area contributed by atoms with Crippen LogP contribution in [0.25, 0.3) is 6.08 Å². The van der Waals surface area contributed by atoms with E-state index in [0.717, 1.165) is 16.7 Å². The van der Waals surface area contributed by atoms with Crippen molar-refractivity contribution in [3.05, 3.63) is 41.2 Å². The second-order valence-electron chi connectivity index (χ2n) is 4.57. The first-order chi connectivity index (χ1) is 10.5. The molecule has 0 N–H and O–H groups in total. The fraction of sp³-hybridized carbons (Fsp3) is 0.267. The lowest BCUT2D eigenvalue weighted by atomic mass is 10.1. The summed E-state index contributed by atoms with van der Waals surface area (Å²) < 4.78 is 5.38. The van der Waals surface area contributed by atoms with E-state index in [-0.39, 0.29) is 4.32 Å². The number of amides is 1. The van der Waals surface area contributed by atoms with Gasteiger partial charge in [-0.3, -0.25) is 9.69 Å². The van der Waals surface area contributed by atoms with E-state index in [1.807, 2.05) is 6.92 Å². The molecular formula is C15H14NO4S2-. The second kappa shape index (κ2) is 7.42. The van der Waals surface area contributed by atoms with Crippen LogP contribution < -0.4 is 5.11 Å². The summed E-state index contributed by atoms with van der Waals surface area (Å²) in [6, 6.07) is 2.52. The number of nitrogens with zero attached hydrogens (tertiary/aromatic N) is 1. The Morgan fingerprint density at radius 1 is 1.59 bits per heavy atom. The Morgan fingerprint density at radius 3 is 2.95 bits per heavy atom. The molecular weight excluding hydrogens is 322 g/mol. The molecule has 1 aliphatic heterocycles. The molecule has 0 spiro atoms. The zero-order valence-corrected chi connectivity index (χ0v) is 13.5. The summed E-state index contributed by atoms with van der Waals surface area (Å²) in [6.07, 6.45) is 7.44. The minimum atomic E-state index is -1.29. The van der Waals surface area contributed by atoms with Crippen molar-refractivity contribution in [2.24, 2.45) is 0 Å². The molecule has 1 aromatic heterocycles. The largest absolute Gasteiger partial charge is 0.548 e. The maximum Gasteiger partial charge on any atom is 0.266 e. The first kappa shape index (κ1) is 16.5. The lowest BCUT2D eigenvalue weighted by Crippen LogP contribution is -2.49. The standard InChI is InChI=1S/C15H15NO4S2/c1-2-5-11(14(18)19)16-13(17)12(22-15(16)21)8-3-6-10-7-4-9-20-10/h3-4,6-9,11H,2,5H2,1H3,(H,18,19)/p-1/b6-3+,12-8-/t11-/m1/s1. The average Bonchev–Trinajstić information content (AvgIpc) is 3.06. The number of carbonyl (C=O) groups is 2. The molecule has 22 heavy (non-hydrogen) atoms. The van der Waals surface area contributed by atoms with Gasteiger partial charge in [0.25, 0.3) is 5.91 Å². The third-order valence-corrected chi connectivity index (χ3v) is 4.37. The SMILES string of the molecule is CCC[C@H](C(=O)[O-])N1C(=O)/C(=C/C=C/c2ccco2)SC1=S. The van der Waals surface area contributed by atoms with Gasteiger partial charge in [-0.25, -0.2) is 0 Å². The number of aliphatic carboxylic acids is 1. The van der Waals surface area contributed by atoms with Gasteiger partial charge >= 0.3 is 0 Å². The predicted octanol–water partition coefficient (Wildman–Crippen LogP) is 1.96. The Hall–Kier alpha value is -1.86. The zero-order chi connectivity index (χ0) is 16.1. The van der Waals surface area contributed by atoms with Crippen LogP contribution >= 0.6 is 24.0 Å². The van der Waals surface area contributed by atoms with E-state index < -0.39 is 17.9 Å². The van der Waals surface area contributed by atoms with E-state index in [1.54, 1.807) is 36.6 Å². The lowest BCUT2D eigenvalue weighted by Gasteiger charge is -2.27. The zero-order valence-electron chi connectivity index (χ0n) is 11.9. The number of furan rings is 1. The van der Waals surface area contributed by atoms with Gasteiger partial charge < -0.3 is 14.3 Å². The van der Waals surface area contributed by atoms with Crippen molar-refractivity contribution in [3.8, 4) is 0 Å². The van der Waals surface area contributed by atoms with Crippen molar-refractivity contribution in [1.82, 2.24) is 4.90 Å². The Kier molecular flexibility index (Phi) is 5.57. The highest BCUT2D eigenvalue weighted by atomic mass is 32.2. The molecule has 0 aliphatic carbocycles. The van der Waals surface area contributed by atoms with Crippen molar-refractivity contribution in [3.63, 3.8) is 0 Å². The number of rotatable bonds is 6. The number of thioether (sulfide) groups is 1. The molecule has 2 heterocycles. The Morgan fingerprint density at radius 2 is 2.36 bits per heavy atom. The monoisotopic (exact) mass is 336 g/mol. The second-order valence-corrected chi connectivity index (χ2v) is 6.25. The molecule has 0 bridgehead atoms. The normalized spacial score (nSPS) is 18.6. The average molecular weight is 336 g/mol. The van der Waals surface area contributed by atoms with Crippen molar-refractivity contribution in [1.29, 1.82) is 0 Å². The lowest BCUT2D eigenvalue weighted by molar-refractivity contribution is -0.310. The third-order valence-electron chi connectivity index (χ3n) is 3.02. The molecule has 1 atom stereocenters. The first-order valence-corrected chi connectivity index (χ1v) is 7.95. The molecule has 1 saturated heterocycles. The van der Waals surface area contributed by atoms with E-state index >= 15 is 0 Å². The Balaban J connectivity index is 2.15. The topological polar surface area (TPSA) is 73.6 Å². The van der Waals surface area contributed by atoms with E-state index in [9.17, 15) is 14.7 Å². The van der Waals surface area contributed by atoms with E-state index in [0.29, 0.717) is 23.5 Å². The van der Waals surface area contributed by atoms with Gasteiger partial charge in [-0.1, -0.05) is 43.4 Å². The highest BCUT2D eigenvalue weighted by molar-refractivity contribution is 8.26.